The van der Waals surface area contributed by atoms with E-state index in [2.05, 4.69) is 10.6 Å². The predicted octanol–water partition coefficient (Wildman–Crippen LogP) is 1.65. The summed E-state index contributed by atoms with van der Waals surface area (Å²) >= 11 is 0. The Kier molecular flexibility index (Phi) is 5.80. The number of benzene rings is 1. The van der Waals surface area contributed by atoms with E-state index in [1.54, 1.807) is 31.6 Å². The first-order chi connectivity index (χ1) is 11.1. The van der Waals surface area contributed by atoms with Gasteiger partial charge in [-0.2, -0.15) is 0 Å². The molecule has 0 fully saturated rings. The second-order valence-corrected chi connectivity index (χ2v) is 5.19. The Balaban J connectivity index is 1.76. The van der Waals surface area contributed by atoms with Crippen LogP contribution in [0.1, 0.15) is 18.2 Å². The van der Waals surface area contributed by atoms with Crippen molar-refractivity contribution in [3.05, 3.63) is 54.0 Å². The summed E-state index contributed by atoms with van der Waals surface area (Å²) in [5.41, 5.74) is 0.885. The summed E-state index contributed by atoms with van der Waals surface area (Å²) < 4.78 is 10.3. The van der Waals surface area contributed by atoms with E-state index >= 15 is 0 Å². The summed E-state index contributed by atoms with van der Waals surface area (Å²) in [6.45, 7) is 2.10. The first-order valence-electron chi connectivity index (χ1n) is 7.32. The van der Waals surface area contributed by atoms with Crippen LogP contribution in [0.5, 0.6) is 5.75 Å². The molecule has 1 unspecified atom stereocenters. The van der Waals surface area contributed by atoms with Gasteiger partial charge in [-0.1, -0.05) is 12.1 Å². The lowest BCUT2D eigenvalue weighted by atomic mass is 10.2. The molecule has 122 valence electrons. The van der Waals surface area contributed by atoms with Crippen LogP contribution in [0.25, 0.3) is 0 Å². The molecular weight excluding hydrogens is 296 g/mol. The fraction of sp³-hybridized carbons (Fsp3) is 0.294. The number of rotatable bonds is 6. The highest BCUT2D eigenvalue weighted by Gasteiger charge is 2.16. The molecule has 2 aromatic rings. The van der Waals surface area contributed by atoms with E-state index in [0.29, 0.717) is 6.42 Å². The van der Waals surface area contributed by atoms with Crippen LogP contribution in [-0.4, -0.2) is 25.0 Å². The maximum Gasteiger partial charge on any atom is 0.309 e. The number of hydrogen-bond acceptors (Lipinski definition) is 4. The van der Waals surface area contributed by atoms with Gasteiger partial charge in [0.2, 0.25) is 0 Å². The third-order valence-electron chi connectivity index (χ3n) is 3.28. The van der Waals surface area contributed by atoms with Crippen LogP contribution in [0.4, 0.5) is 0 Å². The van der Waals surface area contributed by atoms with Crippen LogP contribution in [0.15, 0.2) is 47.1 Å². The van der Waals surface area contributed by atoms with Gasteiger partial charge in [0.1, 0.15) is 11.5 Å². The van der Waals surface area contributed by atoms with Crippen molar-refractivity contribution in [3.8, 4) is 5.75 Å². The minimum atomic E-state index is -0.660. The van der Waals surface area contributed by atoms with E-state index in [4.69, 9.17) is 9.15 Å². The molecule has 23 heavy (non-hydrogen) atoms. The Morgan fingerprint density at radius 1 is 1.17 bits per heavy atom. The fourth-order valence-corrected chi connectivity index (χ4v) is 2.08. The number of furan rings is 1. The van der Waals surface area contributed by atoms with Gasteiger partial charge in [0, 0.05) is 19.0 Å². The molecular formula is C17H20N2O4. The van der Waals surface area contributed by atoms with Crippen LogP contribution in [0.2, 0.25) is 0 Å². The second kappa shape index (κ2) is 8.03. The van der Waals surface area contributed by atoms with Crippen molar-refractivity contribution in [1.29, 1.82) is 0 Å². The molecule has 0 saturated carbocycles. The number of carbonyl (C=O) groups is 2. The Bertz CT molecular complexity index is 635. The normalized spacial score (nSPS) is 11.6. The fourth-order valence-electron chi connectivity index (χ4n) is 2.08. The number of ether oxygens (including phenoxy) is 1. The lowest BCUT2D eigenvalue weighted by Gasteiger charge is -2.12. The minimum Gasteiger partial charge on any atom is -0.497 e. The third kappa shape index (κ3) is 5.18. The number of nitrogens with one attached hydrogen (secondary N) is 2. The zero-order valence-corrected chi connectivity index (χ0v) is 13.2. The highest BCUT2D eigenvalue weighted by atomic mass is 16.5. The standard InChI is InChI=1S/C17H20N2O4/c1-12(10-15-4-3-9-23-15)19-17(21)16(20)18-11-13-5-7-14(22-2)8-6-13/h3-9,12H,10-11H2,1-2H3,(H,18,20)(H,19,21). The molecule has 0 saturated heterocycles. The van der Waals surface area contributed by atoms with E-state index in [0.717, 1.165) is 17.1 Å². The lowest BCUT2D eigenvalue weighted by Crippen LogP contribution is -2.44. The molecule has 0 spiro atoms. The molecule has 0 aliphatic carbocycles. The van der Waals surface area contributed by atoms with E-state index in [9.17, 15) is 9.59 Å². The first-order valence-corrected chi connectivity index (χ1v) is 7.32. The molecule has 2 amide bonds. The summed E-state index contributed by atoms with van der Waals surface area (Å²) in [6.07, 6.45) is 2.11. The molecule has 1 aromatic heterocycles. The van der Waals surface area contributed by atoms with Crippen molar-refractivity contribution in [2.24, 2.45) is 0 Å². The summed E-state index contributed by atoms with van der Waals surface area (Å²) in [5, 5.41) is 5.23. The molecule has 0 bridgehead atoms. The Hall–Kier alpha value is -2.76. The van der Waals surface area contributed by atoms with Crippen molar-refractivity contribution in [1.82, 2.24) is 10.6 Å². The average Bonchev–Trinajstić information content (AvgIpc) is 3.05. The summed E-state index contributed by atoms with van der Waals surface area (Å²) in [4.78, 5) is 23.6. The number of methoxy groups -OCH3 is 1. The summed E-state index contributed by atoms with van der Waals surface area (Å²) in [7, 11) is 1.59. The maximum atomic E-state index is 11.8. The monoisotopic (exact) mass is 316 g/mol. The van der Waals surface area contributed by atoms with Gasteiger partial charge >= 0.3 is 11.8 Å². The Morgan fingerprint density at radius 3 is 2.52 bits per heavy atom. The van der Waals surface area contributed by atoms with Crippen molar-refractivity contribution in [3.63, 3.8) is 0 Å². The maximum absolute atomic E-state index is 11.8. The van der Waals surface area contributed by atoms with Crippen LogP contribution in [0, 0.1) is 0 Å². The molecule has 2 N–H and O–H groups in total. The molecule has 1 heterocycles. The van der Waals surface area contributed by atoms with Gasteiger partial charge in [-0.05, 0) is 36.8 Å². The van der Waals surface area contributed by atoms with Crippen LogP contribution >= 0.6 is 0 Å². The van der Waals surface area contributed by atoms with Gasteiger partial charge in [-0.15, -0.1) is 0 Å². The van der Waals surface area contributed by atoms with Crippen molar-refractivity contribution in [2.75, 3.05) is 7.11 Å². The third-order valence-corrected chi connectivity index (χ3v) is 3.28. The number of carbonyl (C=O) groups excluding carboxylic acids is 2. The van der Waals surface area contributed by atoms with Crippen LogP contribution in [-0.2, 0) is 22.6 Å². The summed E-state index contributed by atoms with van der Waals surface area (Å²) in [5.74, 6) is 0.186. The molecule has 1 aromatic carbocycles. The Morgan fingerprint density at radius 2 is 1.91 bits per heavy atom. The van der Waals surface area contributed by atoms with Gasteiger partial charge < -0.3 is 19.8 Å². The summed E-state index contributed by atoms with van der Waals surface area (Å²) in [6, 6.07) is 10.7. The highest BCUT2D eigenvalue weighted by molar-refractivity contribution is 6.35. The molecule has 0 aliphatic rings. The Labute approximate surface area is 134 Å². The smallest absolute Gasteiger partial charge is 0.309 e. The molecule has 0 aliphatic heterocycles. The molecule has 0 radical (unpaired) electrons. The van der Waals surface area contributed by atoms with E-state index in [1.165, 1.54) is 0 Å². The molecule has 6 heteroatoms. The van der Waals surface area contributed by atoms with E-state index < -0.39 is 11.8 Å². The van der Waals surface area contributed by atoms with Crippen molar-refractivity contribution in [2.45, 2.75) is 25.9 Å². The number of amides is 2. The quantitative estimate of drug-likeness (QED) is 0.794. The lowest BCUT2D eigenvalue weighted by molar-refractivity contribution is -0.139. The topological polar surface area (TPSA) is 80.6 Å². The predicted molar refractivity (Wildman–Crippen MR) is 84.9 cm³/mol. The second-order valence-electron chi connectivity index (χ2n) is 5.19. The van der Waals surface area contributed by atoms with Gasteiger partial charge in [0.05, 0.1) is 13.4 Å². The van der Waals surface area contributed by atoms with Crippen LogP contribution in [0.3, 0.4) is 0 Å². The van der Waals surface area contributed by atoms with Gasteiger partial charge in [0.25, 0.3) is 0 Å². The van der Waals surface area contributed by atoms with Gasteiger partial charge in [-0.25, -0.2) is 0 Å². The van der Waals surface area contributed by atoms with Crippen LogP contribution < -0.4 is 15.4 Å². The number of hydrogen-bond donors (Lipinski definition) is 2. The van der Waals surface area contributed by atoms with E-state index in [1.807, 2.05) is 25.1 Å². The minimum absolute atomic E-state index is 0.194. The molecule has 2 rings (SSSR count). The molecule has 1 atom stereocenters. The molecule has 6 nitrogen and oxygen atoms in total. The zero-order chi connectivity index (χ0) is 16.7. The largest absolute Gasteiger partial charge is 0.497 e. The van der Waals surface area contributed by atoms with E-state index in [-0.39, 0.29) is 12.6 Å². The van der Waals surface area contributed by atoms with Crippen molar-refractivity contribution >= 4 is 11.8 Å². The van der Waals surface area contributed by atoms with Gasteiger partial charge in [0.15, 0.2) is 0 Å². The highest BCUT2D eigenvalue weighted by Crippen LogP contribution is 2.10. The average molecular weight is 316 g/mol. The van der Waals surface area contributed by atoms with Crippen molar-refractivity contribution < 1.29 is 18.7 Å². The zero-order valence-electron chi connectivity index (χ0n) is 13.2. The first kappa shape index (κ1) is 16.6. The SMILES string of the molecule is COc1ccc(CNC(=O)C(=O)NC(C)Cc2ccco2)cc1. The van der Waals surface area contributed by atoms with Gasteiger partial charge in [-0.3, -0.25) is 9.59 Å².